The standard InChI is InChI=1S/C16H10BrN3O4/c17-10-1-2-13-12(6-10)14(19-7-18-13)20-11-4-8(15(21)22)3-9(5-11)16(23)24/h1-7H,(H,21,22)(H,23,24)(H,18,19,20). The van der Waals surface area contributed by atoms with Crippen molar-refractivity contribution in [3.05, 3.63) is 58.3 Å². The van der Waals surface area contributed by atoms with Crippen molar-refractivity contribution in [2.75, 3.05) is 5.32 Å². The average Bonchev–Trinajstić information content (AvgIpc) is 2.55. The van der Waals surface area contributed by atoms with E-state index in [0.29, 0.717) is 22.4 Å². The summed E-state index contributed by atoms with van der Waals surface area (Å²) in [6.07, 6.45) is 1.37. The van der Waals surface area contributed by atoms with Crippen molar-refractivity contribution in [2.24, 2.45) is 0 Å². The second-order valence-electron chi connectivity index (χ2n) is 4.92. The predicted octanol–water partition coefficient (Wildman–Crippen LogP) is 3.53. The normalized spacial score (nSPS) is 10.5. The molecule has 0 aliphatic carbocycles. The minimum atomic E-state index is -1.21. The van der Waals surface area contributed by atoms with Crippen LogP contribution < -0.4 is 5.32 Å². The highest BCUT2D eigenvalue weighted by atomic mass is 79.9. The van der Waals surface area contributed by atoms with Crippen molar-refractivity contribution >= 4 is 50.3 Å². The molecule has 1 aromatic heterocycles. The number of nitrogens with one attached hydrogen (secondary N) is 1. The third-order valence-corrected chi connectivity index (χ3v) is 3.78. The number of carboxylic acid groups (broad SMARTS) is 2. The number of benzene rings is 2. The van der Waals surface area contributed by atoms with Gasteiger partial charge < -0.3 is 15.5 Å². The molecule has 0 radical (unpaired) electrons. The van der Waals surface area contributed by atoms with E-state index >= 15 is 0 Å². The van der Waals surface area contributed by atoms with Crippen molar-refractivity contribution in [3.63, 3.8) is 0 Å². The number of aromatic carboxylic acids is 2. The topological polar surface area (TPSA) is 112 Å². The molecule has 3 aromatic rings. The third-order valence-electron chi connectivity index (χ3n) is 3.29. The SMILES string of the molecule is O=C(O)c1cc(Nc2ncnc3ccc(Br)cc23)cc(C(=O)O)c1. The van der Waals surface area contributed by atoms with E-state index < -0.39 is 11.9 Å². The van der Waals surface area contributed by atoms with E-state index in [9.17, 15) is 9.59 Å². The fourth-order valence-electron chi connectivity index (χ4n) is 2.21. The summed E-state index contributed by atoms with van der Waals surface area (Å²) in [5.41, 5.74) is 0.754. The van der Waals surface area contributed by atoms with Gasteiger partial charge in [0, 0.05) is 15.5 Å². The molecule has 0 unspecified atom stereocenters. The van der Waals surface area contributed by atoms with Crippen LogP contribution in [-0.2, 0) is 0 Å². The molecule has 1 heterocycles. The molecule has 3 N–H and O–H groups in total. The maximum absolute atomic E-state index is 11.2. The van der Waals surface area contributed by atoms with Gasteiger partial charge in [0.25, 0.3) is 0 Å². The number of nitrogens with zero attached hydrogens (tertiary/aromatic N) is 2. The molecule has 24 heavy (non-hydrogen) atoms. The first-order chi connectivity index (χ1) is 11.4. The number of halogens is 1. The Labute approximate surface area is 144 Å². The Bertz CT molecular complexity index is 942. The van der Waals surface area contributed by atoms with Crippen LogP contribution in [0.1, 0.15) is 20.7 Å². The summed E-state index contributed by atoms with van der Waals surface area (Å²) < 4.78 is 0.832. The van der Waals surface area contributed by atoms with Gasteiger partial charge in [-0.05, 0) is 36.4 Å². The van der Waals surface area contributed by atoms with Crippen molar-refractivity contribution < 1.29 is 19.8 Å². The molecule has 2 aromatic carbocycles. The number of fused-ring (bicyclic) bond motifs is 1. The van der Waals surface area contributed by atoms with E-state index in [2.05, 4.69) is 31.2 Å². The Morgan fingerprint density at radius 2 is 1.62 bits per heavy atom. The van der Waals surface area contributed by atoms with Crippen molar-refractivity contribution in [2.45, 2.75) is 0 Å². The molecule has 0 fully saturated rings. The molecular formula is C16H10BrN3O4. The van der Waals surface area contributed by atoms with Crippen molar-refractivity contribution in [3.8, 4) is 0 Å². The van der Waals surface area contributed by atoms with Crippen LogP contribution in [0.3, 0.4) is 0 Å². The molecule has 8 heteroatoms. The lowest BCUT2D eigenvalue weighted by Crippen LogP contribution is -2.05. The first-order valence-corrected chi connectivity index (χ1v) is 7.52. The fraction of sp³-hybridized carbons (Fsp3) is 0. The van der Waals surface area contributed by atoms with Gasteiger partial charge in [0.1, 0.15) is 12.1 Å². The summed E-state index contributed by atoms with van der Waals surface area (Å²) in [7, 11) is 0. The summed E-state index contributed by atoms with van der Waals surface area (Å²) in [5.74, 6) is -1.98. The van der Waals surface area contributed by atoms with Gasteiger partial charge in [-0.3, -0.25) is 0 Å². The van der Waals surface area contributed by atoms with Crippen LogP contribution >= 0.6 is 15.9 Å². The van der Waals surface area contributed by atoms with Gasteiger partial charge in [-0.15, -0.1) is 0 Å². The molecule has 0 amide bonds. The third kappa shape index (κ3) is 3.18. The average molecular weight is 388 g/mol. The second kappa shape index (κ2) is 6.25. The van der Waals surface area contributed by atoms with E-state index in [1.807, 2.05) is 18.2 Å². The van der Waals surface area contributed by atoms with E-state index in [1.165, 1.54) is 18.5 Å². The molecular weight excluding hydrogens is 378 g/mol. The van der Waals surface area contributed by atoms with Gasteiger partial charge in [0.05, 0.1) is 16.6 Å². The molecule has 0 aliphatic heterocycles. The second-order valence-corrected chi connectivity index (χ2v) is 5.83. The first-order valence-electron chi connectivity index (χ1n) is 6.73. The number of hydrogen-bond donors (Lipinski definition) is 3. The molecule has 0 atom stereocenters. The summed E-state index contributed by atoms with van der Waals surface area (Å²) in [6, 6.07) is 9.26. The Balaban J connectivity index is 2.10. The van der Waals surface area contributed by atoms with Crippen LogP contribution in [0.25, 0.3) is 10.9 Å². The Morgan fingerprint density at radius 1 is 0.958 bits per heavy atom. The molecule has 0 bridgehead atoms. The fourth-order valence-corrected chi connectivity index (χ4v) is 2.57. The van der Waals surface area contributed by atoms with E-state index in [-0.39, 0.29) is 11.1 Å². The number of carboxylic acids is 2. The quantitative estimate of drug-likeness (QED) is 0.627. The lowest BCUT2D eigenvalue weighted by Gasteiger charge is -2.10. The summed E-state index contributed by atoms with van der Waals surface area (Å²) in [5, 5.41) is 22.0. The number of rotatable bonds is 4. The number of aromatic nitrogens is 2. The lowest BCUT2D eigenvalue weighted by molar-refractivity contribution is 0.0696. The maximum Gasteiger partial charge on any atom is 0.335 e. The summed E-state index contributed by atoms with van der Waals surface area (Å²) in [6.45, 7) is 0. The minimum Gasteiger partial charge on any atom is -0.478 e. The monoisotopic (exact) mass is 387 g/mol. The van der Waals surface area contributed by atoms with E-state index in [0.717, 1.165) is 10.5 Å². The molecule has 3 rings (SSSR count). The van der Waals surface area contributed by atoms with Gasteiger partial charge in [0.15, 0.2) is 0 Å². The van der Waals surface area contributed by atoms with Crippen LogP contribution in [0, 0.1) is 0 Å². The zero-order valence-electron chi connectivity index (χ0n) is 12.0. The van der Waals surface area contributed by atoms with Crippen LogP contribution in [0.15, 0.2) is 47.2 Å². The van der Waals surface area contributed by atoms with Crippen molar-refractivity contribution in [1.82, 2.24) is 9.97 Å². The van der Waals surface area contributed by atoms with Crippen LogP contribution in [0.4, 0.5) is 11.5 Å². The van der Waals surface area contributed by atoms with E-state index in [1.54, 1.807) is 0 Å². The molecule has 7 nitrogen and oxygen atoms in total. The van der Waals surface area contributed by atoms with Gasteiger partial charge in [0.2, 0.25) is 0 Å². The zero-order valence-corrected chi connectivity index (χ0v) is 13.6. The Kier molecular flexibility index (Phi) is 4.13. The highest BCUT2D eigenvalue weighted by Crippen LogP contribution is 2.27. The first kappa shape index (κ1) is 15.9. The molecule has 0 aliphatic rings. The van der Waals surface area contributed by atoms with Gasteiger partial charge in [-0.2, -0.15) is 0 Å². The molecule has 0 spiro atoms. The molecule has 0 saturated heterocycles. The number of hydrogen-bond acceptors (Lipinski definition) is 5. The maximum atomic E-state index is 11.2. The zero-order chi connectivity index (χ0) is 17.3. The van der Waals surface area contributed by atoms with Gasteiger partial charge in [-0.25, -0.2) is 19.6 Å². The highest BCUT2D eigenvalue weighted by Gasteiger charge is 2.13. The number of carbonyl (C=O) groups is 2. The van der Waals surface area contributed by atoms with E-state index in [4.69, 9.17) is 10.2 Å². The van der Waals surface area contributed by atoms with Crippen LogP contribution in [0.2, 0.25) is 0 Å². The van der Waals surface area contributed by atoms with Crippen LogP contribution in [-0.4, -0.2) is 32.1 Å². The Hall–Kier alpha value is -3.00. The number of anilines is 2. The predicted molar refractivity (Wildman–Crippen MR) is 90.9 cm³/mol. The smallest absolute Gasteiger partial charge is 0.335 e. The Morgan fingerprint density at radius 3 is 2.25 bits per heavy atom. The molecule has 0 saturated carbocycles. The van der Waals surface area contributed by atoms with Gasteiger partial charge in [-0.1, -0.05) is 15.9 Å². The lowest BCUT2D eigenvalue weighted by atomic mass is 10.1. The summed E-state index contributed by atoms with van der Waals surface area (Å²) >= 11 is 3.37. The van der Waals surface area contributed by atoms with Crippen molar-refractivity contribution in [1.29, 1.82) is 0 Å². The largest absolute Gasteiger partial charge is 0.478 e. The van der Waals surface area contributed by atoms with Crippen LogP contribution in [0.5, 0.6) is 0 Å². The molecule has 120 valence electrons. The van der Waals surface area contributed by atoms with Gasteiger partial charge >= 0.3 is 11.9 Å². The summed E-state index contributed by atoms with van der Waals surface area (Å²) in [4.78, 5) is 30.7. The minimum absolute atomic E-state index is 0.128. The highest BCUT2D eigenvalue weighted by molar-refractivity contribution is 9.10.